The minimum atomic E-state index is 0.252. The van der Waals surface area contributed by atoms with Gasteiger partial charge in [0, 0.05) is 45.2 Å². The van der Waals surface area contributed by atoms with Crippen LogP contribution in [0.3, 0.4) is 0 Å². The highest BCUT2D eigenvalue weighted by atomic mass is 16.5. The molecule has 0 aromatic carbocycles. The summed E-state index contributed by atoms with van der Waals surface area (Å²) in [4.78, 5) is 15.8. The average molecular weight is 338 g/mol. The summed E-state index contributed by atoms with van der Waals surface area (Å²) >= 11 is 0. The van der Waals surface area contributed by atoms with Crippen molar-refractivity contribution in [1.29, 1.82) is 0 Å². The highest BCUT2D eigenvalue weighted by Gasteiger charge is 2.20. The summed E-state index contributed by atoms with van der Waals surface area (Å²) in [6.07, 6.45) is 9.10. The zero-order chi connectivity index (χ0) is 17.2. The molecule has 130 valence electrons. The molecule has 0 N–H and O–H groups in total. The van der Waals surface area contributed by atoms with Gasteiger partial charge >= 0.3 is 0 Å². The third-order valence-electron chi connectivity index (χ3n) is 4.60. The molecule has 0 bridgehead atoms. The van der Waals surface area contributed by atoms with Crippen LogP contribution in [0.4, 0.5) is 5.82 Å². The van der Waals surface area contributed by atoms with Gasteiger partial charge in [-0.25, -0.2) is 9.97 Å². The minimum absolute atomic E-state index is 0.252. The number of hydrogen-bond acceptors (Lipinski definition) is 6. The molecule has 7 heteroatoms. The largest absolute Gasteiger partial charge is 0.376 e. The highest BCUT2D eigenvalue weighted by molar-refractivity contribution is 5.88. The second kappa shape index (κ2) is 6.76. The molecule has 1 atom stereocenters. The monoisotopic (exact) mass is 338 g/mol. The molecule has 0 radical (unpaired) electrons. The van der Waals surface area contributed by atoms with Crippen LogP contribution in [0.25, 0.3) is 22.4 Å². The lowest BCUT2D eigenvalue weighted by atomic mass is 10.1. The number of fused-ring (bicyclic) bond motifs is 1. The van der Waals surface area contributed by atoms with Crippen molar-refractivity contribution >= 4 is 16.9 Å². The van der Waals surface area contributed by atoms with Gasteiger partial charge in [0.2, 0.25) is 0 Å². The first-order valence-corrected chi connectivity index (χ1v) is 8.65. The SMILES string of the molecule is CN(C[C@@H]1CCCCO1)c1nc(-c2cccnc2)nc2c1cnn2C. The molecule has 1 fully saturated rings. The van der Waals surface area contributed by atoms with Crippen LogP contribution in [0.5, 0.6) is 0 Å². The molecule has 3 aromatic heterocycles. The molecule has 0 aliphatic carbocycles. The lowest BCUT2D eigenvalue weighted by molar-refractivity contribution is 0.0215. The number of pyridine rings is 1. The van der Waals surface area contributed by atoms with Crippen LogP contribution in [0.1, 0.15) is 19.3 Å². The van der Waals surface area contributed by atoms with Crippen molar-refractivity contribution in [2.75, 3.05) is 25.1 Å². The van der Waals surface area contributed by atoms with E-state index < -0.39 is 0 Å². The maximum Gasteiger partial charge on any atom is 0.165 e. The Bertz CT molecular complexity index is 857. The number of anilines is 1. The van der Waals surface area contributed by atoms with Crippen LogP contribution in [0.2, 0.25) is 0 Å². The van der Waals surface area contributed by atoms with Gasteiger partial charge < -0.3 is 9.64 Å². The average Bonchev–Trinajstić information content (AvgIpc) is 3.03. The van der Waals surface area contributed by atoms with Gasteiger partial charge in [-0.3, -0.25) is 9.67 Å². The second-order valence-electron chi connectivity index (χ2n) is 6.49. The maximum atomic E-state index is 5.89. The first kappa shape index (κ1) is 16.0. The van der Waals surface area contributed by atoms with Crippen LogP contribution >= 0.6 is 0 Å². The van der Waals surface area contributed by atoms with Crippen LogP contribution in [-0.2, 0) is 11.8 Å². The zero-order valence-electron chi connectivity index (χ0n) is 14.6. The van der Waals surface area contributed by atoms with E-state index in [-0.39, 0.29) is 6.10 Å². The molecule has 0 spiro atoms. The number of hydrogen-bond donors (Lipinski definition) is 0. The van der Waals surface area contributed by atoms with Crippen LogP contribution < -0.4 is 4.90 Å². The summed E-state index contributed by atoms with van der Waals surface area (Å²) in [6.45, 7) is 1.67. The zero-order valence-corrected chi connectivity index (χ0v) is 14.6. The summed E-state index contributed by atoms with van der Waals surface area (Å²) < 4.78 is 7.67. The summed E-state index contributed by atoms with van der Waals surface area (Å²) in [7, 11) is 3.95. The number of ether oxygens (including phenoxy) is 1. The van der Waals surface area contributed by atoms with Crippen molar-refractivity contribution in [3.05, 3.63) is 30.7 Å². The van der Waals surface area contributed by atoms with Crippen molar-refractivity contribution in [3.63, 3.8) is 0 Å². The van der Waals surface area contributed by atoms with E-state index >= 15 is 0 Å². The Labute approximate surface area is 146 Å². The molecule has 1 aliphatic heterocycles. The van der Waals surface area contributed by atoms with Gasteiger partial charge in [-0.1, -0.05) is 0 Å². The molecule has 4 heterocycles. The number of aryl methyl sites for hydroxylation is 1. The first-order valence-electron chi connectivity index (χ1n) is 8.65. The predicted octanol–water partition coefficient (Wildman–Crippen LogP) is 2.43. The Morgan fingerprint density at radius 1 is 1.28 bits per heavy atom. The maximum absolute atomic E-state index is 5.89. The third-order valence-corrected chi connectivity index (χ3v) is 4.60. The molecule has 1 aliphatic rings. The van der Waals surface area contributed by atoms with E-state index in [1.54, 1.807) is 17.1 Å². The van der Waals surface area contributed by atoms with E-state index in [1.807, 2.05) is 25.4 Å². The molecule has 7 nitrogen and oxygen atoms in total. The van der Waals surface area contributed by atoms with Crippen molar-refractivity contribution in [1.82, 2.24) is 24.7 Å². The van der Waals surface area contributed by atoms with Gasteiger partial charge in [-0.2, -0.15) is 5.10 Å². The Balaban J connectivity index is 1.73. The fraction of sp³-hybridized carbons (Fsp3) is 0.444. The number of likely N-dealkylation sites (N-methyl/N-ethyl adjacent to an activating group) is 1. The highest BCUT2D eigenvalue weighted by Crippen LogP contribution is 2.27. The molecular formula is C18H22N6O. The van der Waals surface area contributed by atoms with E-state index in [4.69, 9.17) is 9.72 Å². The Morgan fingerprint density at radius 3 is 2.96 bits per heavy atom. The summed E-state index contributed by atoms with van der Waals surface area (Å²) in [5.41, 5.74) is 1.72. The van der Waals surface area contributed by atoms with Gasteiger partial charge in [-0.05, 0) is 31.4 Å². The van der Waals surface area contributed by atoms with Crippen molar-refractivity contribution in [2.24, 2.45) is 7.05 Å². The fourth-order valence-corrected chi connectivity index (χ4v) is 3.27. The van der Waals surface area contributed by atoms with E-state index in [9.17, 15) is 0 Å². The summed E-state index contributed by atoms with van der Waals surface area (Å²) in [5, 5.41) is 5.31. The van der Waals surface area contributed by atoms with Crippen LogP contribution in [-0.4, -0.2) is 51.0 Å². The predicted molar refractivity (Wildman–Crippen MR) is 96.4 cm³/mol. The van der Waals surface area contributed by atoms with Gasteiger partial charge in [0.15, 0.2) is 11.5 Å². The van der Waals surface area contributed by atoms with E-state index in [2.05, 4.69) is 27.0 Å². The molecular weight excluding hydrogens is 316 g/mol. The van der Waals surface area contributed by atoms with E-state index in [1.165, 1.54) is 6.42 Å². The van der Waals surface area contributed by atoms with Crippen molar-refractivity contribution in [3.8, 4) is 11.4 Å². The molecule has 0 unspecified atom stereocenters. The lowest BCUT2D eigenvalue weighted by Crippen LogP contribution is -2.34. The van der Waals surface area contributed by atoms with E-state index in [0.717, 1.165) is 48.4 Å². The molecule has 0 saturated carbocycles. The second-order valence-corrected chi connectivity index (χ2v) is 6.49. The summed E-state index contributed by atoms with van der Waals surface area (Å²) in [5.74, 6) is 1.54. The standard InChI is InChI=1S/C18H22N6O/c1-23(12-14-7-3-4-9-25-14)17-15-11-20-24(2)18(15)22-16(21-17)13-6-5-8-19-10-13/h5-6,8,10-11,14H,3-4,7,9,12H2,1-2H3/t14-/m0/s1. The Hall–Kier alpha value is -2.54. The number of nitrogens with zero attached hydrogens (tertiary/aromatic N) is 6. The summed E-state index contributed by atoms with van der Waals surface area (Å²) in [6, 6.07) is 3.87. The van der Waals surface area contributed by atoms with Crippen molar-refractivity contribution in [2.45, 2.75) is 25.4 Å². The Kier molecular flexibility index (Phi) is 4.31. The van der Waals surface area contributed by atoms with Gasteiger partial charge in [0.1, 0.15) is 5.82 Å². The van der Waals surface area contributed by atoms with Crippen molar-refractivity contribution < 1.29 is 4.74 Å². The van der Waals surface area contributed by atoms with Gasteiger partial charge in [-0.15, -0.1) is 0 Å². The number of aromatic nitrogens is 5. The number of rotatable bonds is 4. The Morgan fingerprint density at radius 2 is 2.20 bits per heavy atom. The van der Waals surface area contributed by atoms with Crippen LogP contribution in [0.15, 0.2) is 30.7 Å². The van der Waals surface area contributed by atoms with Gasteiger partial charge in [0.25, 0.3) is 0 Å². The fourth-order valence-electron chi connectivity index (χ4n) is 3.27. The molecule has 25 heavy (non-hydrogen) atoms. The topological polar surface area (TPSA) is 69.0 Å². The third kappa shape index (κ3) is 3.19. The lowest BCUT2D eigenvalue weighted by Gasteiger charge is -2.28. The molecule has 0 amide bonds. The quantitative estimate of drug-likeness (QED) is 0.728. The minimum Gasteiger partial charge on any atom is -0.376 e. The molecule has 4 rings (SSSR count). The van der Waals surface area contributed by atoms with Crippen LogP contribution in [0, 0.1) is 0 Å². The van der Waals surface area contributed by atoms with E-state index in [0.29, 0.717) is 5.82 Å². The first-order chi connectivity index (χ1) is 12.2. The smallest absolute Gasteiger partial charge is 0.165 e. The molecule has 1 saturated heterocycles. The molecule has 3 aromatic rings. The van der Waals surface area contributed by atoms with Gasteiger partial charge in [0.05, 0.1) is 17.7 Å². The normalized spacial score (nSPS) is 17.8.